The normalized spacial score (nSPS) is 25.0. The maximum atomic E-state index is 12.1. The molecular weight excluding hydrogens is 310 g/mol. The van der Waals surface area contributed by atoms with Crippen LogP contribution in [0.3, 0.4) is 0 Å². The quantitative estimate of drug-likeness (QED) is 0.854. The minimum atomic E-state index is -3.27. The molecule has 1 aliphatic rings. The van der Waals surface area contributed by atoms with Crippen molar-refractivity contribution < 1.29 is 8.42 Å². The molecule has 90 valence electrons. The maximum absolute atomic E-state index is 12.1. The number of hydrogen-bond donors (Lipinski definition) is 0. The Kier molecular flexibility index (Phi) is 3.45. The third-order valence-corrected chi connectivity index (χ3v) is 6.90. The third-order valence-electron chi connectivity index (χ3n) is 2.98. The van der Waals surface area contributed by atoms with Gasteiger partial charge >= 0.3 is 0 Å². The zero-order valence-electron chi connectivity index (χ0n) is 9.18. The molecule has 2 unspecified atom stereocenters. The Bertz CT molecular complexity index is 483. The Morgan fingerprint density at radius 2 is 2.19 bits per heavy atom. The van der Waals surface area contributed by atoms with Crippen molar-refractivity contribution in [3.05, 3.63) is 15.9 Å². The number of nitrogens with zero attached hydrogens (tertiary/aromatic N) is 1. The molecule has 16 heavy (non-hydrogen) atoms. The van der Waals surface area contributed by atoms with Gasteiger partial charge in [-0.05, 0) is 46.3 Å². The second-order valence-electron chi connectivity index (χ2n) is 4.32. The largest absolute Gasteiger partial charge is 0.252 e. The van der Waals surface area contributed by atoms with Crippen molar-refractivity contribution in [1.29, 1.82) is 0 Å². The van der Waals surface area contributed by atoms with Gasteiger partial charge < -0.3 is 0 Å². The monoisotopic (exact) mass is 323 g/mol. The van der Waals surface area contributed by atoms with Crippen LogP contribution in [0.15, 0.2) is 20.1 Å². The highest BCUT2D eigenvalue weighted by molar-refractivity contribution is 9.11. The molecule has 0 saturated heterocycles. The zero-order valence-corrected chi connectivity index (χ0v) is 12.4. The van der Waals surface area contributed by atoms with E-state index in [1.165, 1.54) is 15.6 Å². The lowest BCUT2D eigenvalue weighted by Crippen LogP contribution is -2.28. The maximum Gasteiger partial charge on any atom is 0.252 e. The standard InChI is InChI=1S/C10H14BrNO2S2/c1-7-5-8(7)6-12(2)16(13,14)10-4-3-9(11)15-10/h3-4,7-8H,5-6H2,1-2H3. The number of sulfonamides is 1. The molecule has 1 aromatic rings. The minimum absolute atomic E-state index is 0.412. The average molecular weight is 324 g/mol. The van der Waals surface area contributed by atoms with Gasteiger partial charge in [0.25, 0.3) is 10.0 Å². The molecule has 0 spiro atoms. The Balaban J connectivity index is 2.12. The van der Waals surface area contributed by atoms with Crippen molar-refractivity contribution >= 4 is 37.3 Å². The molecule has 0 N–H and O–H groups in total. The summed E-state index contributed by atoms with van der Waals surface area (Å²) in [6, 6.07) is 3.42. The first kappa shape index (κ1) is 12.5. The van der Waals surface area contributed by atoms with E-state index in [0.717, 1.165) is 10.2 Å². The van der Waals surface area contributed by atoms with Crippen molar-refractivity contribution in [3.8, 4) is 0 Å². The van der Waals surface area contributed by atoms with Gasteiger partial charge in [0.1, 0.15) is 4.21 Å². The van der Waals surface area contributed by atoms with Gasteiger partial charge in [0, 0.05) is 13.6 Å². The highest BCUT2D eigenvalue weighted by Crippen LogP contribution is 2.39. The summed E-state index contributed by atoms with van der Waals surface area (Å²) < 4.78 is 27.0. The van der Waals surface area contributed by atoms with E-state index in [9.17, 15) is 8.42 Å². The molecule has 0 bridgehead atoms. The first-order valence-electron chi connectivity index (χ1n) is 5.13. The first-order chi connectivity index (χ1) is 7.41. The lowest BCUT2D eigenvalue weighted by molar-refractivity contribution is 0.446. The zero-order chi connectivity index (χ0) is 11.9. The molecule has 1 heterocycles. The Hall–Kier alpha value is 0.0900. The van der Waals surface area contributed by atoms with E-state index in [-0.39, 0.29) is 0 Å². The second-order valence-corrected chi connectivity index (χ2v) is 9.05. The Morgan fingerprint density at radius 3 is 2.62 bits per heavy atom. The lowest BCUT2D eigenvalue weighted by atomic mass is 10.3. The van der Waals surface area contributed by atoms with Gasteiger partial charge in [-0.15, -0.1) is 11.3 Å². The van der Waals surface area contributed by atoms with Crippen LogP contribution in [0.5, 0.6) is 0 Å². The number of rotatable bonds is 4. The Morgan fingerprint density at radius 1 is 1.56 bits per heavy atom. The van der Waals surface area contributed by atoms with Crippen molar-refractivity contribution in [2.45, 2.75) is 17.6 Å². The number of hydrogen-bond acceptors (Lipinski definition) is 3. The third kappa shape index (κ3) is 2.50. The Labute approximate surface area is 109 Å². The minimum Gasteiger partial charge on any atom is -0.206 e. The summed E-state index contributed by atoms with van der Waals surface area (Å²) >= 11 is 4.54. The molecule has 6 heteroatoms. The summed E-state index contributed by atoms with van der Waals surface area (Å²) in [5.41, 5.74) is 0. The summed E-state index contributed by atoms with van der Waals surface area (Å²) in [6.45, 7) is 2.80. The highest BCUT2D eigenvalue weighted by Gasteiger charge is 2.36. The predicted molar refractivity (Wildman–Crippen MR) is 69.1 cm³/mol. The second kappa shape index (κ2) is 4.40. The van der Waals surface area contributed by atoms with E-state index >= 15 is 0 Å². The van der Waals surface area contributed by atoms with Gasteiger partial charge in [-0.2, -0.15) is 4.31 Å². The van der Waals surface area contributed by atoms with Crippen LogP contribution in [0.25, 0.3) is 0 Å². The SMILES string of the molecule is CC1CC1CN(C)S(=O)(=O)c1ccc(Br)s1. The van der Waals surface area contributed by atoms with Crippen molar-refractivity contribution in [2.75, 3.05) is 13.6 Å². The van der Waals surface area contributed by atoms with E-state index in [4.69, 9.17) is 0 Å². The number of halogens is 1. The highest BCUT2D eigenvalue weighted by atomic mass is 79.9. The number of thiophene rings is 1. The van der Waals surface area contributed by atoms with Gasteiger partial charge in [0.15, 0.2) is 0 Å². The molecule has 0 aromatic carbocycles. The molecule has 0 radical (unpaired) electrons. The van der Waals surface area contributed by atoms with E-state index in [0.29, 0.717) is 22.6 Å². The van der Waals surface area contributed by atoms with Crippen LogP contribution in [-0.2, 0) is 10.0 Å². The van der Waals surface area contributed by atoms with Crippen LogP contribution in [-0.4, -0.2) is 26.3 Å². The lowest BCUT2D eigenvalue weighted by Gasteiger charge is -2.15. The van der Waals surface area contributed by atoms with Crippen molar-refractivity contribution in [1.82, 2.24) is 4.31 Å². The molecular formula is C10H14BrNO2S2. The summed E-state index contributed by atoms with van der Waals surface area (Å²) in [5.74, 6) is 1.22. The van der Waals surface area contributed by atoms with E-state index in [1.54, 1.807) is 19.2 Å². The van der Waals surface area contributed by atoms with E-state index in [2.05, 4.69) is 22.9 Å². The molecule has 3 nitrogen and oxygen atoms in total. The van der Waals surface area contributed by atoms with Crippen molar-refractivity contribution in [3.63, 3.8) is 0 Å². The molecule has 2 rings (SSSR count). The molecule has 1 saturated carbocycles. The first-order valence-corrected chi connectivity index (χ1v) is 8.18. The van der Waals surface area contributed by atoms with E-state index < -0.39 is 10.0 Å². The molecule has 0 aliphatic heterocycles. The summed E-state index contributed by atoms with van der Waals surface area (Å²) in [4.78, 5) is 0. The topological polar surface area (TPSA) is 37.4 Å². The van der Waals surface area contributed by atoms with E-state index in [1.807, 2.05) is 0 Å². The smallest absolute Gasteiger partial charge is 0.206 e. The van der Waals surface area contributed by atoms with Gasteiger partial charge in [0.05, 0.1) is 3.79 Å². The van der Waals surface area contributed by atoms with Crippen LogP contribution in [0.2, 0.25) is 0 Å². The summed E-state index contributed by atoms with van der Waals surface area (Å²) in [7, 11) is -1.61. The van der Waals surface area contributed by atoms with Crippen LogP contribution >= 0.6 is 27.3 Å². The van der Waals surface area contributed by atoms with Crippen molar-refractivity contribution in [2.24, 2.45) is 11.8 Å². The molecule has 0 amide bonds. The molecule has 2 atom stereocenters. The summed E-state index contributed by atoms with van der Waals surface area (Å²) in [6.07, 6.45) is 1.15. The van der Waals surface area contributed by atoms with Gasteiger partial charge in [-0.25, -0.2) is 8.42 Å². The van der Waals surface area contributed by atoms with Crippen LogP contribution in [0, 0.1) is 11.8 Å². The van der Waals surface area contributed by atoms with Crippen LogP contribution < -0.4 is 0 Å². The predicted octanol–water partition coefficient (Wildman–Crippen LogP) is 2.79. The van der Waals surface area contributed by atoms with Crippen LogP contribution in [0.4, 0.5) is 0 Å². The fraction of sp³-hybridized carbons (Fsp3) is 0.600. The van der Waals surface area contributed by atoms with Gasteiger partial charge in [-0.1, -0.05) is 6.92 Å². The summed E-state index contributed by atoms with van der Waals surface area (Å²) in [5, 5.41) is 0. The van der Waals surface area contributed by atoms with Crippen LogP contribution in [0.1, 0.15) is 13.3 Å². The van der Waals surface area contributed by atoms with Gasteiger partial charge in [-0.3, -0.25) is 0 Å². The molecule has 1 aliphatic carbocycles. The fourth-order valence-electron chi connectivity index (χ4n) is 1.67. The molecule has 1 aromatic heterocycles. The fourth-order valence-corrected chi connectivity index (χ4v) is 5.12. The van der Waals surface area contributed by atoms with Gasteiger partial charge in [0.2, 0.25) is 0 Å². The average Bonchev–Trinajstić information content (AvgIpc) is 2.72. The molecule has 1 fully saturated rings.